The van der Waals surface area contributed by atoms with Gasteiger partial charge in [0.2, 0.25) is 5.91 Å². The van der Waals surface area contributed by atoms with Gasteiger partial charge in [0.05, 0.1) is 23.7 Å². The summed E-state index contributed by atoms with van der Waals surface area (Å²) in [6.07, 6.45) is 4.69. The van der Waals surface area contributed by atoms with Gasteiger partial charge in [-0.2, -0.15) is 0 Å². The van der Waals surface area contributed by atoms with Gasteiger partial charge in [-0.25, -0.2) is 0 Å². The average Bonchev–Trinajstić information content (AvgIpc) is 2.53. The lowest BCUT2D eigenvalue weighted by molar-refractivity contribution is -0.124. The molecular weight excluding hydrogens is 266 g/mol. The minimum atomic E-state index is -0.474. The molecule has 0 bridgehead atoms. The summed E-state index contributed by atoms with van der Waals surface area (Å²) in [5.41, 5.74) is 1.85. The number of pyridine rings is 1. The molecule has 3 rings (SSSR count). The number of aliphatic hydroxyl groups is 1. The molecule has 2 aliphatic heterocycles. The summed E-state index contributed by atoms with van der Waals surface area (Å²) in [6, 6.07) is 4.30. The van der Waals surface area contributed by atoms with Crippen LogP contribution in [0.15, 0.2) is 18.3 Å². The topological polar surface area (TPSA) is 65.5 Å². The first-order valence-electron chi connectivity index (χ1n) is 7.85. The predicted molar refractivity (Wildman–Crippen MR) is 81.0 cm³/mol. The molecule has 0 aromatic carbocycles. The van der Waals surface area contributed by atoms with E-state index in [-0.39, 0.29) is 5.91 Å². The highest BCUT2D eigenvalue weighted by Crippen LogP contribution is 2.28. The zero-order valence-corrected chi connectivity index (χ0v) is 12.5. The Balaban J connectivity index is 1.66. The van der Waals surface area contributed by atoms with Crippen molar-refractivity contribution >= 4 is 11.6 Å². The largest absolute Gasteiger partial charge is 0.387 e. The number of nitrogens with one attached hydrogen (secondary N) is 1. The predicted octanol–water partition coefficient (Wildman–Crippen LogP) is 1.63. The van der Waals surface area contributed by atoms with E-state index < -0.39 is 6.10 Å². The second kappa shape index (κ2) is 6.02. The van der Waals surface area contributed by atoms with E-state index in [1.807, 2.05) is 25.3 Å². The summed E-state index contributed by atoms with van der Waals surface area (Å²) < 4.78 is 0. The first-order chi connectivity index (χ1) is 10.2. The molecule has 21 heavy (non-hydrogen) atoms. The molecule has 2 unspecified atom stereocenters. The van der Waals surface area contributed by atoms with Gasteiger partial charge in [0, 0.05) is 25.6 Å². The van der Waals surface area contributed by atoms with E-state index >= 15 is 0 Å². The molecule has 2 saturated heterocycles. The molecule has 1 aromatic heterocycles. The number of anilines is 1. The third-order valence-electron chi connectivity index (χ3n) is 4.69. The molecule has 1 aromatic rings. The second-order valence-corrected chi connectivity index (χ2v) is 6.07. The number of aromatic nitrogens is 1. The smallest absolute Gasteiger partial charge is 0.220 e. The maximum absolute atomic E-state index is 11.4. The van der Waals surface area contributed by atoms with E-state index in [2.05, 4.69) is 15.2 Å². The molecule has 1 amide bonds. The van der Waals surface area contributed by atoms with E-state index in [4.69, 9.17) is 0 Å². The molecular formula is C16H23N3O2. The Bertz CT molecular complexity index is 503. The third kappa shape index (κ3) is 3.02. The molecule has 2 fully saturated rings. The third-order valence-corrected chi connectivity index (χ3v) is 4.69. The van der Waals surface area contributed by atoms with Gasteiger partial charge in [0.15, 0.2) is 0 Å². The van der Waals surface area contributed by atoms with Crippen molar-refractivity contribution in [2.45, 2.75) is 44.8 Å². The Kier molecular flexibility index (Phi) is 4.10. The average molecular weight is 289 g/mol. The number of hydrogen-bond donors (Lipinski definition) is 2. The second-order valence-electron chi connectivity index (χ2n) is 6.07. The molecule has 3 heterocycles. The zero-order chi connectivity index (χ0) is 14.8. The van der Waals surface area contributed by atoms with Gasteiger partial charge in [-0.05, 0) is 37.3 Å². The van der Waals surface area contributed by atoms with Gasteiger partial charge in [0.1, 0.15) is 0 Å². The Hall–Kier alpha value is -1.62. The van der Waals surface area contributed by atoms with Crippen LogP contribution in [0.4, 0.5) is 5.69 Å². The molecule has 0 spiro atoms. The van der Waals surface area contributed by atoms with Crippen molar-refractivity contribution in [2.75, 3.05) is 18.0 Å². The van der Waals surface area contributed by atoms with Crippen molar-refractivity contribution in [1.29, 1.82) is 0 Å². The lowest BCUT2D eigenvalue weighted by Crippen LogP contribution is -2.54. The van der Waals surface area contributed by atoms with Crippen molar-refractivity contribution in [1.82, 2.24) is 10.3 Å². The maximum Gasteiger partial charge on any atom is 0.220 e. The highest BCUT2D eigenvalue weighted by Gasteiger charge is 2.33. The molecule has 0 saturated carbocycles. The van der Waals surface area contributed by atoms with Crippen LogP contribution in [0.2, 0.25) is 0 Å². The minimum Gasteiger partial charge on any atom is -0.387 e. The number of amides is 1. The van der Waals surface area contributed by atoms with Crippen LogP contribution < -0.4 is 10.2 Å². The molecule has 3 atom stereocenters. The van der Waals surface area contributed by atoms with Crippen LogP contribution in [0.3, 0.4) is 0 Å². The fourth-order valence-electron chi connectivity index (χ4n) is 3.34. The molecule has 114 valence electrons. The van der Waals surface area contributed by atoms with Crippen LogP contribution in [-0.4, -0.2) is 35.1 Å². The summed E-state index contributed by atoms with van der Waals surface area (Å²) in [4.78, 5) is 18.2. The molecule has 2 N–H and O–H groups in total. The summed E-state index contributed by atoms with van der Waals surface area (Å²) in [7, 11) is 0. The van der Waals surface area contributed by atoms with E-state index in [1.165, 1.54) is 0 Å². The van der Waals surface area contributed by atoms with Crippen molar-refractivity contribution in [3.63, 3.8) is 0 Å². The first kappa shape index (κ1) is 14.3. The maximum atomic E-state index is 11.4. The van der Waals surface area contributed by atoms with Crippen LogP contribution in [-0.2, 0) is 4.79 Å². The zero-order valence-electron chi connectivity index (χ0n) is 12.5. The van der Waals surface area contributed by atoms with Gasteiger partial charge in [-0.15, -0.1) is 0 Å². The Morgan fingerprint density at radius 3 is 3.05 bits per heavy atom. The molecule has 5 nitrogen and oxygen atoms in total. The van der Waals surface area contributed by atoms with Crippen LogP contribution in [0.5, 0.6) is 0 Å². The Labute approximate surface area is 125 Å². The molecule has 2 aliphatic rings. The number of aliphatic hydroxyl groups excluding tert-OH is 1. The van der Waals surface area contributed by atoms with Crippen molar-refractivity contribution in [3.8, 4) is 0 Å². The quantitative estimate of drug-likeness (QED) is 0.887. The lowest BCUT2D eigenvalue weighted by Gasteiger charge is -2.42. The molecule has 0 aliphatic carbocycles. The van der Waals surface area contributed by atoms with E-state index in [0.717, 1.165) is 37.3 Å². The van der Waals surface area contributed by atoms with Gasteiger partial charge >= 0.3 is 0 Å². The summed E-state index contributed by atoms with van der Waals surface area (Å²) in [5.74, 6) is 0.738. The Morgan fingerprint density at radius 2 is 2.33 bits per heavy atom. The SMILES string of the molecule is CC[C@H](O)c1ccc(N2CCC3NC(=O)CCC3C2)cn1. The van der Waals surface area contributed by atoms with Crippen LogP contribution in [0.1, 0.15) is 44.4 Å². The van der Waals surface area contributed by atoms with Gasteiger partial charge < -0.3 is 15.3 Å². The summed E-state index contributed by atoms with van der Waals surface area (Å²) >= 11 is 0. The number of piperidine rings is 2. The summed E-state index contributed by atoms with van der Waals surface area (Å²) in [5, 5.41) is 12.9. The standard InChI is InChI=1S/C16H23N3O2/c1-2-15(20)14-5-4-12(9-17-14)19-8-7-13-11(10-19)3-6-16(21)18-13/h4-5,9,11,13,15,20H,2-3,6-8,10H2,1H3,(H,18,21)/t11?,13?,15-/m0/s1. The van der Waals surface area contributed by atoms with Crippen LogP contribution >= 0.6 is 0 Å². The monoisotopic (exact) mass is 289 g/mol. The number of fused-ring (bicyclic) bond motifs is 1. The fourth-order valence-corrected chi connectivity index (χ4v) is 3.34. The molecule has 5 heteroatoms. The van der Waals surface area contributed by atoms with Crippen LogP contribution in [0, 0.1) is 5.92 Å². The number of carbonyl (C=O) groups is 1. The van der Waals surface area contributed by atoms with Crippen molar-refractivity contribution in [3.05, 3.63) is 24.0 Å². The highest BCUT2D eigenvalue weighted by molar-refractivity contribution is 5.77. The number of rotatable bonds is 3. The van der Waals surface area contributed by atoms with Gasteiger partial charge in [-0.1, -0.05) is 6.92 Å². The number of nitrogens with zero attached hydrogens (tertiary/aromatic N) is 2. The van der Waals surface area contributed by atoms with Crippen molar-refractivity contribution in [2.24, 2.45) is 5.92 Å². The van der Waals surface area contributed by atoms with E-state index in [1.54, 1.807) is 0 Å². The van der Waals surface area contributed by atoms with E-state index in [9.17, 15) is 9.90 Å². The Morgan fingerprint density at radius 1 is 1.48 bits per heavy atom. The van der Waals surface area contributed by atoms with Crippen molar-refractivity contribution < 1.29 is 9.90 Å². The van der Waals surface area contributed by atoms with Gasteiger partial charge in [-0.3, -0.25) is 9.78 Å². The minimum absolute atomic E-state index is 0.198. The van der Waals surface area contributed by atoms with Crippen LogP contribution in [0.25, 0.3) is 0 Å². The number of hydrogen-bond acceptors (Lipinski definition) is 4. The highest BCUT2D eigenvalue weighted by atomic mass is 16.3. The summed E-state index contributed by atoms with van der Waals surface area (Å²) in [6.45, 7) is 3.86. The van der Waals surface area contributed by atoms with Gasteiger partial charge in [0.25, 0.3) is 0 Å². The number of carbonyl (C=O) groups excluding carboxylic acids is 1. The first-order valence-corrected chi connectivity index (χ1v) is 7.85. The lowest BCUT2D eigenvalue weighted by atomic mass is 9.85. The van der Waals surface area contributed by atoms with E-state index in [0.29, 0.717) is 24.8 Å². The molecule has 0 radical (unpaired) electrons. The fraction of sp³-hybridized carbons (Fsp3) is 0.625. The normalized spacial score (nSPS) is 27.0.